The highest BCUT2D eigenvalue weighted by Crippen LogP contribution is 2.13. The maximum Gasteiger partial charge on any atom is 0.407 e. The molecule has 0 radical (unpaired) electrons. The van der Waals surface area contributed by atoms with Crippen molar-refractivity contribution in [2.45, 2.75) is 59.0 Å². The number of carbonyl (C=O) groups excluding carboxylic acids is 1. The molecule has 0 aliphatic carbocycles. The molecular formula is C16H25NO3. The number of nitrogens with one attached hydrogen (secondary N) is 1. The van der Waals surface area contributed by atoms with Crippen LogP contribution >= 0.6 is 0 Å². The fraction of sp³-hybridized carbons (Fsp3) is 0.562. The predicted molar refractivity (Wildman–Crippen MR) is 79.5 cm³/mol. The van der Waals surface area contributed by atoms with Crippen LogP contribution in [0.3, 0.4) is 0 Å². The Bertz CT molecular complexity index is 411. The van der Waals surface area contributed by atoms with Gasteiger partial charge in [-0.2, -0.15) is 0 Å². The van der Waals surface area contributed by atoms with E-state index in [1.54, 1.807) is 0 Å². The molecule has 20 heavy (non-hydrogen) atoms. The maximum atomic E-state index is 11.7. The van der Waals surface area contributed by atoms with Gasteiger partial charge in [0.2, 0.25) is 0 Å². The van der Waals surface area contributed by atoms with Crippen LogP contribution in [0.15, 0.2) is 30.3 Å². The number of benzene rings is 1. The third-order valence-corrected chi connectivity index (χ3v) is 2.80. The van der Waals surface area contributed by atoms with Crippen molar-refractivity contribution in [2.24, 2.45) is 0 Å². The summed E-state index contributed by atoms with van der Waals surface area (Å²) < 4.78 is 11.0. The van der Waals surface area contributed by atoms with Gasteiger partial charge in [-0.3, -0.25) is 0 Å². The molecule has 0 saturated heterocycles. The molecule has 2 atom stereocenters. The summed E-state index contributed by atoms with van der Waals surface area (Å²) in [5, 5.41) is 2.79. The van der Waals surface area contributed by atoms with Gasteiger partial charge in [-0.1, -0.05) is 30.3 Å². The van der Waals surface area contributed by atoms with Gasteiger partial charge in [0.05, 0.1) is 17.7 Å². The average Bonchev–Trinajstić information content (AvgIpc) is 2.35. The number of ether oxygens (including phenoxy) is 2. The Hall–Kier alpha value is -1.55. The maximum absolute atomic E-state index is 11.7. The Morgan fingerprint density at radius 1 is 1.20 bits per heavy atom. The highest BCUT2D eigenvalue weighted by atomic mass is 16.5. The number of alkyl carbamates (subject to hydrolysis) is 1. The van der Waals surface area contributed by atoms with Crippen LogP contribution in [0.25, 0.3) is 0 Å². The van der Waals surface area contributed by atoms with Crippen LogP contribution in [0.2, 0.25) is 0 Å². The molecule has 0 spiro atoms. The van der Waals surface area contributed by atoms with Gasteiger partial charge < -0.3 is 14.8 Å². The molecule has 4 heteroatoms. The topological polar surface area (TPSA) is 47.6 Å². The van der Waals surface area contributed by atoms with Crippen LogP contribution in [-0.2, 0) is 16.1 Å². The second-order valence-electron chi connectivity index (χ2n) is 5.93. The highest BCUT2D eigenvalue weighted by molar-refractivity contribution is 5.67. The van der Waals surface area contributed by atoms with Crippen molar-refractivity contribution in [1.29, 1.82) is 0 Å². The van der Waals surface area contributed by atoms with Gasteiger partial charge in [0.25, 0.3) is 0 Å². The van der Waals surface area contributed by atoms with E-state index in [4.69, 9.17) is 9.47 Å². The zero-order valence-electron chi connectivity index (χ0n) is 13.0. The van der Waals surface area contributed by atoms with Crippen LogP contribution in [0.4, 0.5) is 4.79 Å². The smallest absolute Gasteiger partial charge is 0.407 e. The molecule has 1 aromatic rings. The minimum Gasteiger partial charge on any atom is -0.445 e. The average molecular weight is 279 g/mol. The lowest BCUT2D eigenvalue weighted by Gasteiger charge is -2.29. The molecule has 1 amide bonds. The van der Waals surface area contributed by atoms with Crippen LogP contribution in [0.5, 0.6) is 0 Å². The number of hydrogen-bond donors (Lipinski definition) is 1. The first kappa shape index (κ1) is 16.5. The molecule has 2 unspecified atom stereocenters. The zero-order valence-corrected chi connectivity index (χ0v) is 13.0. The predicted octanol–water partition coefficient (Wildman–Crippen LogP) is 3.50. The summed E-state index contributed by atoms with van der Waals surface area (Å²) in [7, 11) is 0. The second kappa shape index (κ2) is 7.29. The van der Waals surface area contributed by atoms with Crippen molar-refractivity contribution in [3.63, 3.8) is 0 Å². The van der Waals surface area contributed by atoms with Gasteiger partial charge in [-0.05, 0) is 40.2 Å². The first-order valence-corrected chi connectivity index (χ1v) is 6.93. The molecule has 1 N–H and O–H groups in total. The summed E-state index contributed by atoms with van der Waals surface area (Å²) in [4.78, 5) is 11.7. The minimum atomic E-state index is -0.425. The van der Waals surface area contributed by atoms with E-state index >= 15 is 0 Å². The Morgan fingerprint density at radius 3 is 2.35 bits per heavy atom. The van der Waals surface area contributed by atoms with Gasteiger partial charge in [0.1, 0.15) is 6.61 Å². The van der Waals surface area contributed by atoms with Gasteiger partial charge in [0, 0.05) is 0 Å². The second-order valence-corrected chi connectivity index (χ2v) is 5.93. The summed E-state index contributed by atoms with van der Waals surface area (Å²) in [5.41, 5.74) is 0.734. The highest BCUT2D eigenvalue weighted by Gasteiger charge is 2.21. The molecule has 0 aliphatic heterocycles. The molecule has 0 aromatic heterocycles. The molecule has 0 fully saturated rings. The van der Waals surface area contributed by atoms with E-state index in [1.165, 1.54) is 0 Å². The number of rotatable bonds is 5. The van der Waals surface area contributed by atoms with Crippen molar-refractivity contribution >= 4 is 6.09 Å². The molecule has 0 bridgehead atoms. The molecule has 0 saturated carbocycles. The Morgan fingerprint density at radius 2 is 1.80 bits per heavy atom. The van der Waals surface area contributed by atoms with E-state index in [2.05, 4.69) is 5.32 Å². The van der Waals surface area contributed by atoms with Crippen LogP contribution < -0.4 is 5.32 Å². The summed E-state index contributed by atoms with van der Waals surface area (Å²) >= 11 is 0. The molecular weight excluding hydrogens is 254 g/mol. The molecule has 1 rings (SSSR count). The van der Waals surface area contributed by atoms with Crippen molar-refractivity contribution in [3.05, 3.63) is 35.9 Å². The lowest BCUT2D eigenvalue weighted by atomic mass is 10.1. The van der Waals surface area contributed by atoms with E-state index in [9.17, 15) is 4.79 Å². The zero-order chi connectivity index (χ0) is 15.2. The Labute approximate surface area is 121 Å². The minimum absolute atomic E-state index is 0.0840. The number of amides is 1. The third-order valence-electron chi connectivity index (χ3n) is 2.80. The lowest BCUT2D eigenvalue weighted by molar-refractivity contribution is -0.0633. The number of carbonyl (C=O) groups is 1. The fourth-order valence-electron chi connectivity index (χ4n) is 1.73. The monoisotopic (exact) mass is 279 g/mol. The molecule has 112 valence electrons. The summed E-state index contributed by atoms with van der Waals surface area (Å²) in [6.45, 7) is 10.1. The number of hydrogen-bond acceptors (Lipinski definition) is 3. The molecule has 0 aliphatic rings. The SMILES string of the molecule is CC(NC(=O)OCc1ccccc1)C(C)OC(C)(C)C. The van der Waals surface area contributed by atoms with Crippen LogP contribution in [-0.4, -0.2) is 23.8 Å². The van der Waals surface area contributed by atoms with E-state index in [0.717, 1.165) is 5.56 Å². The van der Waals surface area contributed by atoms with Crippen molar-refractivity contribution in [3.8, 4) is 0 Å². The summed E-state index contributed by atoms with van der Waals surface area (Å²) in [6, 6.07) is 9.48. The molecule has 0 heterocycles. The summed E-state index contributed by atoms with van der Waals surface area (Å²) in [5.74, 6) is 0. The van der Waals surface area contributed by atoms with Crippen LogP contribution in [0.1, 0.15) is 40.2 Å². The van der Waals surface area contributed by atoms with E-state index < -0.39 is 6.09 Å². The molecule has 4 nitrogen and oxygen atoms in total. The van der Waals surface area contributed by atoms with E-state index in [1.807, 2.05) is 65.0 Å². The first-order valence-electron chi connectivity index (χ1n) is 6.93. The summed E-state index contributed by atoms with van der Waals surface area (Å²) in [6.07, 6.45) is -0.509. The first-order chi connectivity index (χ1) is 9.28. The largest absolute Gasteiger partial charge is 0.445 e. The van der Waals surface area contributed by atoms with Gasteiger partial charge in [-0.25, -0.2) is 4.79 Å². The van der Waals surface area contributed by atoms with Crippen molar-refractivity contribution < 1.29 is 14.3 Å². The normalized spacial score (nSPS) is 14.4. The van der Waals surface area contributed by atoms with Gasteiger partial charge in [-0.15, -0.1) is 0 Å². The van der Waals surface area contributed by atoms with Crippen molar-refractivity contribution in [1.82, 2.24) is 5.32 Å². The van der Waals surface area contributed by atoms with E-state index in [0.29, 0.717) is 0 Å². The quantitative estimate of drug-likeness (QED) is 0.897. The van der Waals surface area contributed by atoms with Crippen molar-refractivity contribution in [2.75, 3.05) is 0 Å². The standard InChI is InChI=1S/C16H25NO3/c1-12(13(2)20-16(3,4)5)17-15(18)19-11-14-9-7-6-8-10-14/h6-10,12-13H,11H2,1-5H3,(H,17,18). The Kier molecular flexibility index (Phi) is 6.02. The Balaban J connectivity index is 2.34. The van der Waals surface area contributed by atoms with E-state index in [-0.39, 0.29) is 24.4 Å². The third kappa shape index (κ3) is 6.57. The fourth-order valence-corrected chi connectivity index (χ4v) is 1.73. The van der Waals surface area contributed by atoms with Gasteiger partial charge in [0.15, 0.2) is 0 Å². The van der Waals surface area contributed by atoms with Gasteiger partial charge >= 0.3 is 6.09 Å². The lowest BCUT2D eigenvalue weighted by Crippen LogP contribution is -2.43. The van der Waals surface area contributed by atoms with Crippen LogP contribution in [0, 0.1) is 0 Å². The molecule has 1 aromatic carbocycles.